The standard InChI is InChI=1S/C18H22ClN3O4.ClH/c1-12-14(5-9-26-12)18(24)22-16-11-13(19)3-4-15(16)17(23)21-7-6-20-8-10-25-2;/h3-5,9,11,20H,6-8,10H2,1-2H3,(H,21,23)(H,22,24);1H. The van der Waals surface area contributed by atoms with E-state index in [2.05, 4.69) is 16.0 Å². The highest BCUT2D eigenvalue weighted by molar-refractivity contribution is 6.31. The highest BCUT2D eigenvalue weighted by Crippen LogP contribution is 2.22. The summed E-state index contributed by atoms with van der Waals surface area (Å²) < 4.78 is 10.1. The number of benzene rings is 1. The van der Waals surface area contributed by atoms with Gasteiger partial charge >= 0.3 is 0 Å². The minimum Gasteiger partial charge on any atom is -0.469 e. The number of aryl methyl sites for hydroxylation is 1. The predicted octanol–water partition coefficient (Wildman–Crippen LogP) is 2.88. The minimum atomic E-state index is -0.367. The third kappa shape index (κ3) is 6.88. The number of hydrogen-bond acceptors (Lipinski definition) is 5. The maximum Gasteiger partial charge on any atom is 0.259 e. The number of furan rings is 1. The summed E-state index contributed by atoms with van der Waals surface area (Å²) in [5.41, 5.74) is 1.08. The summed E-state index contributed by atoms with van der Waals surface area (Å²) in [7, 11) is 1.63. The molecule has 2 amide bonds. The molecule has 0 fully saturated rings. The van der Waals surface area contributed by atoms with Crippen LogP contribution >= 0.6 is 24.0 Å². The number of anilines is 1. The predicted molar refractivity (Wildman–Crippen MR) is 107 cm³/mol. The van der Waals surface area contributed by atoms with E-state index in [1.54, 1.807) is 38.3 Å². The number of carbonyl (C=O) groups is 2. The Hall–Kier alpha value is -2.06. The Morgan fingerprint density at radius 1 is 1.11 bits per heavy atom. The molecule has 0 saturated heterocycles. The van der Waals surface area contributed by atoms with Crippen molar-refractivity contribution in [1.82, 2.24) is 10.6 Å². The summed E-state index contributed by atoms with van der Waals surface area (Å²) in [6.07, 6.45) is 1.44. The number of rotatable bonds is 9. The van der Waals surface area contributed by atoms with E-state index in [-0.39, 0.29) is 24.2 Å². The van der Waals surface area contributed by atoms with E-state index in [1.165, 1.54) is 6.26 Å². The van der Waals surface area contributed by atoms with Crippen LogP contribution in [0.15, 0.2) is 34.9 Å². The fourth-order valence-corrected chi connectivity index (χ4v) is 2.46. The van der Waals surface area contributed by atoms with Gasteiger partial charge in [-0.15, -0.1) is 12.4 Å². The van der Waals surface area contributed by atoms with Crippen molar-refractivity contribution in [3.8, 4) is 0 Å². The molecule has 1 aromatic carbocycles. The first-order valence-corrected chi connectivity index (χ1v) is 8.53. The molecule has 1 aromatic heterocycles. The molecule has 0 bridgehead atoms. The third-order valence-corrected chi connectivity index (χ3v) is 3.88. The Labute approximate surface area is 169 Å². The molecule has 9 heteroatoms. The first-order valence-electron chi connectivity index (χ1n) is 8.15. The molecule has 0 atom stereocenters. The molecule has 0 saturated carbocycles. The average molecular weight is 416 g/mol. The second-order valence-corrected chi connectivity index (χ2v) is 5.97. The topological polar surface area (TPSA) is 92.6 Å². The molecular weight excluding hydrogens is 393 g/mol. The van der Waals surface area contributed by atoms with Crippen LogP contribution in [0.5, 0.6) is 0 Å². The van der Waals surface area contributed by atoms with E-state index >= 15 is 0 Å². The fourth-order valence-electron chi connectivity index (χ4n) is 2.29. The van der Waals surface area contributed by atoms with Crippen molar-refractivity contribution in [2.45, 2.75) is 6.92 Å². The molecule has 0 unspecified atom stereocenters. The molecule has 27 heavy (non-hydrogen) atoms. The summed E-state index contributed by atoms with van der Waals surface area (Å²) in [4.78, 5) is 24.8. The van der Waals surface area contributed by atoms with E-state index in [4.69, 9.17) is 20.8 Å². The van der Waals surface area contributed by atoms with Gasteiger partial charge in [-0.05, 0) is 31.2 Å². The summed E-state index contributed by atoms with van der Waals surface area (Å²) in [6.45, 7) is 4.06. The number of ether oxygens (including phenoxy) is 1. The van der Waals surface area contributed by atoms with Crippen LogP contribution in [-0.2, 0) is 4.74 Å². The van der Waals surface area contributed by atoms with Gasteiger partial charge < -0.3 is 25.1 Å². The fraction of sp³-hybridized carbons (Fsp3) is 0.333. The molecule has 1 heterocycles. The lowest BCUT2D eigenvalue weighted by Gasteiger charge is -2.12. The van der Waals surface area contributed by atoms with Crippen LogP contribution in [0.25, 0.3) is 0 Å². The molecule has 0 radical (unpaired) electrons. The number of halogens is 2. The van der Waals surface area contributed by atoms with Gasteiger partial charge in [0.25, 0.3) is 11.8 Å². The molecule has 0 aliphatic carbocycles. The van der Waals surface area contributed by atoms with Crippen LogP contribution < -0.4 is 16.0 Å². The monoisotopic (exact) mass is 415 g/mol. The van der Waals surface area contributed by atoms with Gasteiger partial charge in [0.1, 0.15) is 5.76 Å². The Kier molecular flexibility index (Phi) is 9.88. The first kappa shape index (κ1) is 23.0. The summed E-state index contributed by atoms with van der Waals surface area (Å²) in [6, 6.07) is 6.29. The van der Waals surface area contributed by atoms with Crippen LogP contribution in [0.4, 0.5) is 5.69 Å². The molecule has 2 rings (SSSR count). The second kappa shape index (κ2) is 11.6. The van der Waals surface area contributed by atoms with Crippen molar-refractivity contribution in [1.29, 1.82) is 0 Å². The largest absolute Gasteiger partial charge is 0.469 e. The summed E-state index contributed by atoms with van der Waals surface area (Å²) in [5, 5.41) is 9.07. The first-order chi connectivity index (χ1) is 12.5. The highest BCUT2D eigenvalue weighted by Gasteiger charge is 2.17. The van der Waals surface area contributed by atoms with Gasteiger partial charge in [-0.2, -0.15) is 0 Å². The maximum atomic E-state index is 12.4. The van der Waals surface area contributed by atoms with Gasteiger partial charge in [0.2, 0.25) is 0 Å². The van der Waals surface area contributed by atoms with Gasteiger partial charge in [0.05, 0.1) is 29.7 Å². The molecular formula is C18H23Cl2N3O4. The number of nitrogens with one attached hydrogen (secondary N) is 3. The second-order valence-electron chi connectivity index (χ2n) is 5.53. The van der Waals surface area contributed by atoms with Crippen molar-refractivity contribution in [3.63, 3.8) is 0 Å². The third-order valence-electron chi connectivity index (χ3n) is 3.65. The van der Waals surface area contributed by atoms with Crippen LogP contribution in [0.2, 0.25) is 5.02 Å². The van der Waals surface area contributed by atoms with Crippen LogP contribution in [0, 0.1) is 6.92 Å². The Bertz CT molecular complexity index is 765. The van der Waals surface area contributed by atoms with E-state index < -0.39 is 0 Å². The van der Waals surface area contributed by atoms with Crippen molar-refractivity contribution in [2.75, 3.05) is 38.7 Å². The van der Waals surface area contributed by atoms with Gasteiger partial charge in [-0.1, -0.05) is 11.6 Å². The Morgan fingerprint density at radius 3 is 2.56 bits per heavy atom. The van der Waals surface area contributed by atoms with Crippen LogP contribution in [0.3, 0.4) is 0 Å². The number of amides is 2. The summed E-state index contributed by atoms with van der Waals surface area (Å²) in [5.74, 6) is -0.166. The van der Waals surface area contributed by atoms with Crippen molar-refractivity contribution in [2.24, 2.45) is 0 Å². The average Bonchev–Trinajstić information content (AvgIpc) is 3.04. The smallest absolute Gasteiger partial charge is 0.259 e. The maximum absolute atomic E-state index is 12.4. The molecule has 2 aromatic rings. The summed E-state index contributed by atoms with van der Waals surface area (Å²) >= 11 is 6.01. The number of hydrogen-bond donors (Lipinski definition) is 3. The molecule has 0 aliphatic rings. The molecule has 0 aliphatic heterocycles. The van der Waals surface area contributed by atoms with Gasteiger partial charge in [-0.3, -0.25) is 9.59 Å². The number of methoxy groups -OCH3 is 1. The van der Waals surface area contributed by atoms with Crippen molar-refractivity contribution < 1.29 is 18.7 Å². The lowest BCUT2D eigenvalue weighted by atomic mass is 10.1. The van der Waals surface area contributed by atoms with Crippen molar-refractivity contribution in [3.05, 3.63) is 52.4 Å². The number of carbonyl (C=O) groups excluding carboxylic acids is 2. The molecule has 7 nitrogen and oxygen atoms in total. The molecule has 3 N–H and O–H groups in total. The molecule has 0 spiro atoms. The van der Waals surface area contributed by atoms with Crippen molar-refractivity contribution >= 4 is 41.5 Å². The van der Waals surface area contributed by atoms with Gasteiger partial charge in [0, 0.05) is 31.8 Å². The van der Waals surface area contributed by atoms with E-state index in [9.17, 15) is 9.59 Å². The normalized spacial score (nSPS) is 10.2. The quantitative estimate of drug-likeness (QED) is 0.547. The lowest BCUT2D eigenvalue weighted by Crippen LogP contribution is -2.33. The van der Waals surface area contributed by atoms with Crippen LogP contribution in [-0.4, -0.2) is 45.2 Å². The van der Waals surface area contributed by atoms with Gasteiger partial charge in [0.15, 0.2) is 0 Å². The van der Waals surface area contributed by atoms with E-state index in [0.29, 0.717) is 53.8 Å². The van der Waals surface area contributed by atoms with E-state index in [1.807, 2.05) is 0 Å². The zero-order chi connectivity index (χ0) is 18.9. The van der Waals surface area contributed by atoms with Gasteiger partial charge in [-0.25, -0.2) is 0 Å². The highest BCUT2D eigenvalue weighted by atomic mass is 35.5. The SMILES string of the molecule is COCCNCCNC(=O)c1ccc(Cl)cc1NC(=O)c1ccoc1C.Cl. The zero-order valence-electron chi connectivity index (χ0n) is 15.1. The van der Waals surface area contributed by atoms with E-state index in [0.717, 1.165) is 0 Å². The zero-order valence-corrected chi connectivity index (χ0v) is 16.7. The lowest BCUT2D eigenvalue weighted by molar-refractivity contribution is 0.0954. The molecule has 148 valence electrons. The Morgan fingerprint density at radius 2 is 1.89 bits per heavy atom. The van der Waals surface area contributed by atoms with Crippen LogP contribution in [0.1, 0.15) is 26.5 Å². The minimum absolute atomic E-state index is 0. The Balaban J connectivity index is 0.00000364.